The molecule has 0 rings (SSSR count). The quantitative estimate of drug-likeness (QED) is 0.329. The molecule has 32 valence electrons. The van der Waals surface area contributed by atoms with Crippen LogP contribution in [0.2, 0.25) is 0 Å². The second kappa shape index (κ2) is 1.19. The Morgan fingerprint density at radius 2 is 2.00 bits per heavy atom. The fraction of sp³-hybridized carbons (Fsp3) is 0.500. The van der Waals surface area contributed by atoms with Crippen molar-refractivity contribution in [3.05, 3.63) is 0 Å². The summed E-state index contributed by atoms with van der Waals surface area (Å²) in [6.07, 6.45) is 1.37. The minimum absolute atomic E-state index is 1.37. The molecule has 0 saturated heterocycles. The van der Waals surface area contributed by atoms with Crippen molar-refractivity contribution in [2.45, 2.75) is 0 Å². The molecule has 0 aliphatic carbocycles. The summed E-state index contributed by atoms with van der Waals surface area (Å²) in [6.45, 7) is 0. The normalized spacial score (nSPS) is 21.2. The van der Waals surface area contributed by atoms with Gasteiger partial charge in [-0.25, -0.2) is 0 Å². The first-order valence-electron chi connectivity index (χ1n) is 1.02. The van der Waals surface area contributed by atoms with Gasteiger partial charge >= 0.3 is 0 Å². The van der Waals surface area contributed by atoms with E-state index in [0.29, 0.717) is 0 Å². The monoisotopic (exact) mass is 112 g/mol. The Labute approximate surface area is 36.5 Å². The van der Waals surface area contributed by atoms with Crippen molar-refractivity contribution < 1.29 is 4.21 Å². The highest BCUT2D eigenvalue weighted by atomic mass is 35.7. The van der Waals surface area contributed by atoms with E-state index in [-0.39, 0.29) is 0 Å². The molecule has 0 spiro atoms. The second-order valence-electron chi connectivity index (χ2n) is 0.900. The number of rotatable bonds is 0. The first kappa shape index (κ1) is 5.31. The highest BCUT2D eigenvalue weighted by Crippen LogP contribution is 1.83. The van der Waals surface area contributed by atoms with Crippen molar-refractivity contribution in [2.24, 2.45) is 0 Å². The molecule has 0 aromatic carbocycles. The van der Waals surface area contributed by atoms with Crippen LogP contribution < -0.4 is 0 Å². The zero-order chi connectivity index (χ0) is 4.50. The molecule has 5 heavy (non-hydrogen) atoms. The molecule has 3 heteroatoms. The van der Waals surface area contributed by atoms with E-state index >= 15 is 0 Å². The van der Waals surface area contributed by atoms with Crippen LogP contribution in [0.5, 0.6) is 0 Å². The van der Waals surface area contributed by atoms with E-state index in [4.69, 9.17) is 10.7 Å². The van der Waals surface area contributed by atoms with Crippen LogP contribution in [-0.2, 0) is 8.74 Å². The maximum Gasteiger partial charge on any atom is 0.0450 e. The van der Waals surface area contributed by atoms with Gasteiger partial charge in [0.2, 0.25) is 0 Å². The molecular formula is C2H5ClOS. The van der Waals surface area contributed by atoms with E-state index in [0.717, 1.165) is 0 Å². The van der Waals surface area contributed by atoms with Gasteiger partial charge < -0.3 is 0 Å². The summed E-state index contributed by atoms with van der Waals surface area (Å²) in [6, 6.07) is 0. The second-order valence-corrected chi connectivity index (χ2v) is 4.66. The molecular weight excluding hydrogens is 108 g/mol. The van der Waals surface area contributed by atoms with Gasteiger partial charge in [-0.2, -0.15) is 0 Å². The topological polar surface area (TPSA) is 17.1 Å². The van der Waals surface area contributed by atoms with Crippen LogP contribution in [-0.4, -0.2) is 16.3 Å². The van der Waals surface area contributed by atoms with Gasteiger partial charge in [0.15, 0.2) is 0 Å². The molecule has 0 N–H and O–H groups in total. The van der Waals surface area contributed by atoms with Gasteiger partial charge in [0, 0.05) is 15.0 Å². The van der Waals surface area contributed by atoms with Crippen LogP contribution in [0.4, 0.5) is 0 Å². The third-order valence-electron chi connectivity index (χ3n) is 0. The van der Waals surface area contributed by atoms with E-state index in [1.54, 1.807) is 0 Å². The van der Waals surface area contributed by atoms with Gasteiger partial charge in [0.25, 0.3) is 0 Å². The van der Waals surface area contributed by atoms with Crippen LogP contribution in [0, 0.1) is 0 Å². The maximum absolute atomic E-state index is 9.84. The first-order valence-corrected chi connectivity index (χ1v) is 3.98. The molecule has 1 unspecified atom stereocenters. The van der Waals surface area contributed by atoms with Gasteiger partial charge in [-0.05, 0) is 16.6 Å². The van der Waals surface area contributed by atoms with E-state index in [9.17, 15) is 4.21 Å². The lowest BCUT2D eigenvalue weighted by molar-refractivity contribution is 0.693. The summed E-state index contributed by atoms with van der Waals surface area (Å²) in [5.41, 5.74) is 0. The highest BCUT2D eigenvalue weighted by Gasteiger charge is 1.73. The van der Waals surface area contributed by atoms with E-state index in [1.165, 1.54) is 6.26 Å². The van der Waals surface area contributed by atoms with Crippen molar-refractivity contribution in [1.82, 2.24) is 0 Å². The van der Waals surface area contributed by atoms with Crippen molar-refractivity contribution in [3.63, 3.8) is 0 Å². The predicted octanol–water partition coefficient (Wildman–Crippen LogP) is 0.486. The Hall–Kier alpha value is 0.310. The lowest BCUT2D eigenvalue weighted by Crippen LogP contribution is -1.75. The number of hydrogen-bond acceptors (Lipinski definition) is 1. The predicted molar refractivity (Wildman–Crippen MR) is 27.0 cm³/mol. The molecule has 0 bridgehead atoms. The van der Waals surface area contributed by atoms with Crippen molar-refractivity contribution in [2.75, 3.05) is 6.26 Å². The minimum atomic E-state index is -2.19. The van der Waals surface area contributed by atoms with Crippen molar-refractivity contribution >= 4 is 25.3 Å². The highest BCUT2D eigenvalue weighted by molar-refractivity contribution is 8.20. The third kappa shape index (κ3) is 239. The summed E-state index contributed by atoms with van der Waals surface area (Å²) in [5, 5.41) is 0. The lowest BCUT2D eigenvalue weighted by Gasteiger charge is -1.74. The molecule has 1 atom stereocenters. The summed E-state index contributed by atoms with van der Waals surface area (Å²) in [5.74, 6) is 3.06. The third-order valence-corrected chi connectivity index (χ3v) is 0. The van der Waals surface area contributed by atoms with Gasteiger partial charge in [-0.3, -0.25) is 4.21 Å². The Kier molecular flexibility index (Phi) is 1.26. The summed E-state index contributed by atoms with van der Waals surface area (Å²) >= 11 is 0. The van der Waals surface area contributed by atoms with Crippen LogP contribution in [0.25, 0.3) is 0 Å². The van der Waals surface area contributed by atoms with Crippen LogP contribution in [0.1, 0.15) is 0 Å². The van der Waals surface area contributed by atoms with Gasteiger partial charge in [-0.15, -0.1) is 0 Å². The smallest absolute Gasteiger partial charge is 0.0450 e. The van der Waals surface area contributed by atoms with Crippen LogP contribution in [0.15, 0.2) is 0 Å². The minimum Gasteiger partial charge on any atom is -0.253 e. The Bertz CT molecular complexity index is 92.8. The fourth-order valence-electron chi connectivity index (χ4n) is 0. The first-order chi connectivity index (χ1) is 2.00. The average Bonchev–Trinajstić information content (AvgIpc) is 0.722. The fourth-order valence-corrected chi connectivity index (χ4v) is 0. The van der Waals surface area contributed by atoms with E-state index in [2.05, 4.69) is 5.87 Å². The molecule has 0 heterocycles. The molecule has 0 aliphatic heterocycles. The number of halogens is 1. The molecule has 0 radical (unpaired) electrons. The largest absolute Gasteiger partial charge is 0.253 e. The van der Waals surface area contributed by atoms with Gasteiger partial charge in [-0.1, -0.05) is 0 Å². The molecule has 0 aromatic heterocycles. The average molecular weight is 113 g/mol. The number of hydrogen-bond donors (Lipinski definition) is 0. The van der Waals surface area contributed by atoms with Crippen molar-refractivity contribution in [3.8, 4) is 0 Å². The summed E-state index contributed by atoms with van der Waals surface area (Å²) in [7, 11) is 2.75. The van der Waals surface area contributed by atoms with Crippen molar-refractivity contribution in [1.29, 1.82) is 0 Å². The summed E-state index contributed by atoms with van der Waals surface area (Å²) in [4.78, 5) is 0. The van der Waals surface area contributed by atoms with Crippen LogP contribution in [0.3, 0.4) is 0 Å². The molecule has 0 amide bonds. The van der Waals surface area contributed by atoms with E-state index < -0.39 is 8.74 Å². The van der Waals surface area contributed by atoms with E-state index in [1.807, 2.05) is 0 Å². The summed E-state index contributed by atoms with van der Waals surface area (Å²) < 4.78 is 9.84. The standard InChI is InChI=1S/C2H5ClOS/c1-5(2,3)4/h1H2,2H3. The maximum atomic E-state index is 9.84. The van der Waals surface area contributed by atoms with Gasteiger partial charge in [0.05, 0.1) is 0 Å². The Balaban J connectivity index is 4.06. The Morgan fingerprint density at radius 1 is 2.00 bits per heavy atom. The lowest BCUT2D eigenvalue weighted by atomic mass is 11.9. The molecule has 0 aromatic rings. The SMILES string of the molecule is C=S(C)(=O)Cl. The zero-order valence-corrected chi connectivity index (χ0v) is 4.47. The molecule has 0 fully saturated rings. The van der Waals surface area contributed by atoms with Gasteiger partial charge in [0.1, 0.15) is 0 Å². The molecule has 0 aliphatic rings. The molecule has 0 saturated carbocycles. The van der Waals surface area contributed by atoms with Crippen LogP contribution >= 0.6 is 10.7 Å². The zero-order valence-electron chi connectivity index (χ0n) is 2.90. The molecule has 1 nitrogen and oxygen atoms in total. The Morgan fingerprint density at radius 3 is 2.00 bits per heavy atom.